The van der Waals surface area contributed by atoms with E-state index in [2.05, 4.69) is 10.3 Å². The molecule has 126 valence electrons. The van der Waals surface area contributed by atoms with Gasteiger partial charge in [0, 0.05) is 24.7 Å². The highest BCUT2D eigenvalue weighted by Crippen LogP contribution is 2.11. The molecule has 0 aliphatic rings. The Morgan fingerprint density at radius 3 is 2.58 bits per heavy atom. The molecule has 2 rings (SSSR count). The zero-order chi connectivity index (χ0) is 17.4. The molecule has 1 atom stereocenters. The summed E-state index contributed by atoms with van der Waals surface area (Å²) in [5, 5.41) is 11.4. The van der Waals surface area contributed by atoms with Crippen molar-refractivity contribution in [2.45, 2.75) is 32.4 Å². The fourth-order valence-corrected chi connectivity index (χ4v) is 2.05. The molecule has 0 saturated carbocycles. The van der Waals surface area contributed by atoms with Gasteiger partial charge >= 0.3 is 5.97 Å². The molecule has 0 saturated heterocycles. The summed E-state index contributed by atoms with van der Waals surface area (Å²) >= 11 is 0. The minimum absolute atomic E-state index is 0.0198. The van der Waals surface area contributed by atoms with E-state index in [9.17, 15) is 9.59 Å². The number of carboxylic acid groups (broad SMARTS) is 1. The molecule has 1 aromatic heterocycles. The predicted octanol–water partition coefficient (Wildman–Crippen LogP) is 2.64. The average molecular weight is 328 g/mol. The summed E-state index contributed by atoms with van der Waals surface area (Å²) in [5.74, 6) is -0.720. The van der Waals surface area contributed by atoms with Gasteiger partial charge in [-0.1, -0.05) is 30.3 Å². The van der Waals surface area contributed by atoms with Crippen LogP contribution in [0.3, 0.4) is 0 Å². The molecule has 1 amide bonds. The number of nitrogens with one attached hydrogen (secondary N) is 1. The molecule has 0 aliphatic heterocycles. The summed E-state index contributed by atoms with van der Waals surface area (Å²) in [4.78, 5) is 26.7. The van der Waals surface area contributed by atoms with Crippen molar-refractivity contribution >= 4 is 11.9 Å². The number of carbonyl (C=O) groups is 2. The summed E-state index contributed by atoms with van der Waals surface area (Å²) < 4.78 is 5.56. The monoisotopic (exact) mass is 328 g/mol. The minimum Gasteiger partial charge on any atom is -0.481 e. The van der Waals surface area contributed by atoms with Crippen molar-refractivity contribution in [3.63, 3.8) is 0 Å². The zero-order valence-corrected chi connectivity index (χ0v) is 13.4. The van der Waals surface area contributed by atoms with Crippen molar-refractivity contribution in [2.24, 2.45) is 0 Å². The van der Waals surface area contributed by atoms with Gasteiger partial charge in [-0.3, -0.25) is 9.59 Å². The van der Waals surface area contributed by atoms with E-state index in [-0.39, 0.29) is 18.4 Å². The number of rotatable bonds is 8. The van der Waals surface area contributed by atoms with Crippen LogP contribution in [0.1, 0.15) is 35.7 Å². The van der Waals surface area contributed by atoms with Crippen LogP contribution in [0.25, 0.3) is 0 Å². The predicted molar refractivity (Wildman–Crippen MR) is 88.8 cm³/mol. The van der Waals surface area contributed by atoms with Gasteiger partial charge in [0.1, 0.15) is 6.61 Å². The minimum atomic E-state index is -0.877. The van der Waals surface area contributed by atoms with E-state index in [1.807, 2.05) is 30.3 Å². The van der Waals surface area contributed by atoms with Crippen LogP contribution >= 0.6 is 0 Å². The number of hydrogen-bond acceptors (Lipinski definition) is 4. The molecule has 1 heterocycles. The smallest absolute Gasteiger partial charge is 0.303 e. The van der Waals surface area contributed by atoms with E-state index in [4.69, 9.17) is 9.84 Å². The topological polar surface area (TPSA) is 88.5 Å². The number of benzene rings is 1. The highest BCUT2D eigenvalue weighted by atomic mass is 16.5. The van der Waals surface area contributed by atoms with Gasteiger partial charge in [-0.15, -0.1) is 0 Å². The zero-order valence-electron chi connectivity index (χ0n) is 13.4. The van der Waals surface area contributed by atoms with Gasteiger partial charge in [0.15, 0.2) is 0 Å². The molecule has 0 spiro atoms. The van der Waals surface area contributed by atoms with Crippen molar-refractivity contribution in [2.75, 3.05) is 0 Å². The van der Waals surface area contributed by atoms with Crippen LogP contribution in [0, 0.1) is 0 Å². The molecular weight excluding hydrogens is 308 g/mol. The van der Waals surface area contributed by atoms with Crippen molar-refractivity contribution in [1.82, 2.24) is 10.3 Å². The standard InChI is InChI=1S/C18H20N2O4/c1-13(7-10-17(21)22)20-18(23)15-8-9-16(19-11-15)24-12-14-5-3-2-4-6-14/h2-6,8-9,11,13H,7,10,12H2,1H3,(H,20,23)(H,21,22). The van der Waals surface area contributed by atoms with Crippen LogP contribution in [-0.4, -0.2) is 28.0 Å². The third-order valence-corrected chi connectivity index (χ3v) is 3.40. The van der Waals surface area contributed by atoms with Crippen LogP contribution in [0.15, 0.2) is 48.7 Å². The van der Waals surface area contributed by atoms with Gasteiger partial charge in [-0.25, -0.2) is 4.98 Å². The molecule has 1 unspecified atom stereocenters. The van der Waals surface area contributed by atoms with Crippen LogP contribution in [0.2, 0.25) is 0 Å². The summed E-state index contributed by atoms with van der Waals surface area (Å²) in [7, 11) is 0. The molecule has 2 aromatic rings. The highest BCUT2D eigenvalue weighted by molar-refractivity contribution is 5.94. The van der Waals surface area contributed by atoms with Crippen molar-refractivity contribution < 1.29 is 19.4 Å². The van der Waals surface area contributed by atoms with Gasteiger partial charge in [-0.05, 0) is 25.0 Å². The van der Waals surface area contributed by atoms with Gasteiger partial charge in [-0.2, -0.15) is 0 Å². The molecule has 0 radical (unpaired) electrons. The van der Waals surface area contributed by atoms with Gasteiger partial charge < -0.3 is 15.2 Å². The number of carbonyl (C=O) groups excluding carboxylic acids is 1. The van der Waals surface area contributed by atoms with Crippen molar-refractivity contribution in [3.8, 4) is 5.88 Å². The summed E-state index contributed by atoms with van der Waals surface area (Å²) in [5.41, 5.74) is 1.44. The Morgan fingerprint density at radius 2 is 1.96 bits per heavy atom. The third-order valence-electron chi connectivity index (χ3n) is 3.40. The lowest BCUT2D eigenvalue weighted by Crippen LogP contribution is -2.33. The van der Waals surface area contributed by atoms with Gasteiger partial charge in [0.05, 0.1) is 5.56 Å². The molecule has 0 bridgehead atoms. The Labute approximate surface area is 140 Å². The summed E-state index contributed by atoms with van der Waals surface area (Å²) in [6.45, 7) is 2.18. The molecule has 0 fully saturated rings. The fraction of sp³-hybridized carbons (Fsp3) is 0.278. The van der Waals surface area contributed by atoms with Crippen LogP contribution in [-0.2, 0) is 11.4 Å². The van der Waals surface area contributed by atoms with Crippen LogP contribution < -0.4 is 10.1 Å². The quantitative estimate of drug-likeness (QED) is 0.778. The van der Waals surface area contributed by atoms with Gasteiger partial charge in [0.25, 0.3) is 5.91 Å². The first-order valence-corrected chi connectivity index (χ1v) is 7.70. The van der Waals surface area contributed by atoms with E-state index in [1.165, 1.54) is 6.20 Å². The second kappa shape index (κ2) is 8.67. The van der Waals surface area contributed by atoms with Crippen LogP contribution in [0.4, 0.5) is 0 Å². The first kappa shape index (κ1) is 17.5. The second-order valence-electron chi connectivity index (χ2n) is 5.47. The first-order valence-electron chi connectivity index (χ1n) is 7.70. The Hall–Kier alpha value is -2.89. The highest BCUT2D eigenvalue weighted by Gasteiger charge is 2.11. The number of pyridine rings is 1. The Kier molecular flexibility index (Phi) is 6.31. The first-order chi connectivity index (χ1) is 11.5. The van der Waals surface area contributed by atoms with E-state index >= 15 is 0 Å². The third kappa shape index (κ3) is 5.72. The molecule has 1 aromatic carbocycles. The lowest BCUT2D eigenvalue weighted by Gasteiger charge is -2.12. The van der Waals surface area contributed by atoms with Crippen molar-refractivity contribution in [1.29, 1.82) is 0 Å². The molecule has 24 heavy (non-hydrogen) atoms. The van der Waals surface area contributed by atoms with Crippen LogP contribution in [0.5, 0.6) is 5.88 Å². The Bertz CT molecular complexity index is 671. The van der Waals surface area contributed by atoms with Gasteiger partial charge in [0.2, 0.25) is 5.88 Å². The SMILES string of the molecule is CC(CCC(=O)O)NC(=O)c1ccc(OCc2ccccc2)nc1. The second-order valence-corrected chi connectivity index (χ2v) is 5.47. The maximum Gasteiger partial charge on any atom is 0.303 e. The molecule has 2 N–H and O–H groups in total. The normalized spacial score (nSPS) is 11.5. The molecular formula is C18H20N2O4. The average Bonchev–Trinajstić information content (AvgIpc) is 2.59. The fourth-order valence-electron chi connectivity index (χ4n) is 2.05. The maximum atomic E-state index is 12.1. The van der Waals surface area contributed by atoms with E-state index in [1.54, 1.807) is 19.1 Å². The largest absolute Gasteiger partial charge is 0.481 e. The van der Waals surface area contributed by atoms with E-state index < -0.39 is 5.97 Å². The number of aromatic nitrogens is 1. The molecule has 6 nitrogen and oxygen atoms in total. The number of ether oxygens (including phenoxy) is 1. The number of aliphatic carboxylic acids is 1. The molecule has 0 aliphatic carbocycles. The number of nitrogens with zero attached hydrogens (tertiary/aromatic N) is 1. The lowest BCUT2D eigenvalue weighted by atomic mass is 10.1. The van der Waals surface area contributed by atoms with Crippen molar-refractivity contribution in [3.05, 3.63) is 59.8 Å². The van der Waals surface area contributed by atoms with E-state index in [0.29, 0.717) is 24.5 Å². The number of hydrogen-bond donors (Lipinski definition) is 2. The summed E-state index contributed by atoms with van der Waals surface area (Å²) in [6, 6.07) is 12.8. The lowest BCUT2D eigenvalue weighted by molar-refractivity contribution is -0.137. The maximum absolute atomic E-state index is 12.1. The number of amides is 1. The number of carboxylic acids is 1. The Morgan fingerprint density at radius 1 is 1.21 bits per heavy atom. The van der Waals surface area contributed by atoms with E-state index in [0.717, 1.165) is 5.56 Å². The summed E-state index contributed by atoms with van der Waals surface area (Å²) in [6.07, 6.45) is 1.85. The Balaban J connectivity index is 1.84. The molecule has 6 heteroatoms.